The maximum atomic E-state index is 13.1. The predicted molar refractivity (Wildman–Crippen MR) is 140 cm³/mol. The van der Waals surface area contributed by atoms with Crippen molar-refractivity contribution in [1.29, 1.82) is 0 Å². The molecule has 6 N–H and O–H groups in total. The van der Waals surface area contributed by atoms with Crippen molar-refractivity contribution in [2.45, 2.75) is 50.7 Å². The van der Waals surface area contributed by atoms with E-state index in [0.717, 1.165) is 0 Å². The Morgan fingerprint density at radius 3 is 2.03 bits per heavy atom. The van der Waals surface area contributed by atoms with Gasteiger partial charge in [0.25, 0.3) is 0 Å². The first-order valence-corrected chi connectivity index (χ1v) is 12.3. The van der Waals surface area contributed by atoms with Gasteiger partial charge in [0, 0.05) is 31.2 Å². The fourth-order valence-corrected chi connectivity index (χ4v) is 6.29. The van der Waals surface area contributed by atoms with E-state index < -0.39 is 34.3 Å². The molecule has 0 amide bonds. The number of aromatic hydroxyl groups is 4. The molecule has 0 aliphatic heterocycles. The molecule has 194 valence electrons. The average Bonchev–Trinajstić information content (AvgIpc) is 2.77. The molecule has 0 unspecified atom stereocenters. The van der Waals surface area contributed by atoms with E-state index in [4.69, 9.17) is 0 Å². The second-order valence-corrected chi connectivity index (χ2v) is 11.1. The summed E-state index contributed by atoms with van der Waals surface area (Å²) in [6.07, 6.45) is -0.253. The van der Waals surface area contributed by atoms with Gasteiger partial charge in [-0.15, -0.1) is 0 Å². The number of Topliss-reactive ketones (excluding diaryl/α,β-unsaturated/α-hetero) is 2. The molecule has 0 bridgehead atoms. The van der Waals surface area contributed by atoms with E-state index in [0.29, 0.717) is 27.5 Å². The molecule has 4 aromatic rings. The van der Waals surface area contributed by atoms with Gasteiger partial charge in [-0.2, -0.15) is 0 Å². The van der Waals surface area contributed by atoms with Crippen molar-refractivity contribution in [2.75, 3.05) is 0 Å². The largest absolute Gasteiger partial charge is 0.507 e. The highest BCUT2D eigenvalue weighted by Crippen LogP contribution is 2.52. The maximum absolute atomic E-state index is 13.1. The molecule has 0 spiro atoms. The number of rotatable bonds is 1. The summed E-state index contributed by atoms with van der Waals surface area (Å²) < 4.78 is 0. The Labute approximate surface area is 217 Å². The summed E-state index contributed by atoms with van der Waals surface area (Å²) in [5, 5.41) is 66.6. The molecule has 0 radical (unpaired) electrons. The SMILES string of the molecule is C[C@]1(O)CC(=O)c2c(cc3ccc(-c4c5c(c(O)c6c(O)cccc46)C(=O)C[C@@](C)(O)C5)c(O)c3c2O)C1. The highest BCUT2D eigenvalue weighted by molar-refractivity contribution is 6.17. The second-order valence-electron chi connectivity index (χ2n) is 11.1. The summed E-state index contributed by atoms with van der Waals surface area (Å²) in [6.45, 7) is 3.07. The third kappa shape index (κ3) is 3.37. The number of aliphatic hydroxyl groups is 2. The van der Waals surface area contributed by atoms with Gasteiger partial charge in [-0.3, -0.25) is 9.59 Å². The summed E-state index contributed by atoms with van der Waals surface area (Å²) >= 11 is 0. The fraction of sp³-hybridized carbons (Fsp3) is 0.267. The van der Waals surface area contributed by atoms with Crippen LogP contribution in [0.2, 0.25) is 0 Å². The zero-order valence-electron chi connectivity index (χ0n) is 20.8. The Morgan fingerprint density at radius 2 is 1.32 bits per heavy atom. The Kier molecular flexibility index (Phi) is 4.90. The van der Waals surface area contributed by atoms with Crippen molar-refractivity contribution >= 4 is 33.1 Å². The number of carbonyl (C=O) groups is 2. The van der Waals surface area contributed by atoms with Crippen molar-refractivity contribution < 1.29 is 40.2 Å². The van der Waals surface area contributed by atoms with Crippen LogP contribution in [0.15, 0.2) is 36.4 Å². The maximum Gasteiger partial charge on any atom is 0.169 e. The fourth-order valence-electron chi connectivity index (χ4n) is 6.29. The van der Waals surface area contributed by atoms with Crippen molar-refractivity contribution in [3.8, 4) is 34.1 Å². The quantitative estimate of drug-likeness (QED) is 0.220. The number of hydrogen-bond acceptors (Lipinski definition) is 8. The van der Waals surface area contributed by atoms with E-state index >= 15 is 0 Å². The number of ketones is 2. The molecule has 4 aromatic carbocycles. The zero-order chi connectivity index (χ0) is 27.3. The van der Waals surface area contributed by atoms with Gasteiger partial charge in [-0.05, 0) is 59.5 Å². The van der Waals surface area contributed by atoms with E-state index in [1.807, 2.05) is 0 Å². The van der Waals surface area contributed by atoms with Crippen LogP contribution in [0, 0.1) is 0 Å². The van der Waals surface area contributed by atoms with E-state index in [9.17, 15) is 40.2 Å². The van der Waals surface area contributed by atoms with Crippen LogP contribution < -0.4 is 0 Å². The lowest BCUT2D eigenvalue weighted by Gasteiger charge is -2.32. The Balaban J connectivity index is 1.73. The van der Waals surface area contributed by atoms with Crippen molar-refractivity contribution in [3.63, 3.8) is 0 Å². The highest BCUT2D eigenvalue weighted by atomic mass is 16.3. The van der Waals surface area contributed by atoms with E-state index in [-0.39, 0.29) is 64.6 Å². The van der Waals surface area contributed by atoms with Crippen molar-refractivity contribution in [3.05, 3.63) is 58.7 Å². The predicted octanol–water partition coefficient (Wildman–Crippen LogP) is 4.24. The van der Waals surface area contributed by atoms with Gasteiger partial charge in [0.15, 0.2) is 11.6 Å². The molecular formula is C30H26O8. The molecule has 0 fully saturated rings. The number of phenolic OH excluding ortho intramolecular Hbond substituents is 4. The van der Waals surface area contributed by atoms with Gasteiger partial charge in [0.1, 0.15) is 23.0 Å². The summed E-state index contributed by atoms with van der Waals surface area (Å²) in [6, 6.07) is 9.46. The summed E-state index contributed by atoms with van der Waals surface area (Å²) in [4.78, 5) is 26.0. The highest BCUT2D eigenvalue weighted by Gasteiger charge is 2.39. The third-order valence-electron chi connectivity index (χ3n) is 7.76. The van der Waals surface area contributed by atoms with Crippen LogP contribution in [-0.2, 0) is 12.8 Å². The summed E-state index contributed by atoms with van der Waals surface area (Å²) in [5.74, 6) is -2.37. The van der Waals surface area contributed by atoms with E-state index in [2.05, 4.69) is 0 Å². The summed E-state index contributed by atoms with van der Waals surface area (Å²) in [7, 11) is 0. The topological polar surface area (TPSA) is 156 Å². The Morgan fingerprint density at radius 1 is 0.684 bits per heavy atom. The van der Waals surface area contributed by atoms with Gasteiger partial charge in [0.05, 0.1) is 33.1 Å². The van der Waals surface area contributed by atoms with Crippen molar-refractivity contribution in [1.82, 2.24) is 0 Å². The van der Waals surface area contributed by atoms with E-state index in [1.165, 1.54) is 13.0 Å². The van der Waals surface area contributed by atoms with Crippen LogP contribution in [0.5, 0.6) is 23.0 Å². The number of benzene rings is 4. The van der Waals surface area contributed by atoms with Crippen LogP contribution in [0.25, 0.3) is 32.7 Å². The third-order valence-corrected chi connectivity index (χ3v) is 7.76. The molecule has 2 aliphatic rings. The molecule has 0 saturated heterocycles. The lowest BCUT2D eigenvalue weighted by atomic mass is 9.75. The molecule has 2 aliphatic carbocycles. The number of hydrogen-bond donors (Lipinski definition) is 6. The molecule has 0 saturated carbocycles. The van der Waals surface area contributed by atoms with Gasteiger partial charge in [-0.25, -0.2) is 0 Å². The molecule has 0 heterocycles. The van der Waals surface area contributed by atoms with Crippen LogP contribution >= 0.6 is 0 Å². The molecule has 38 heavy (non-hydrogen) atoms. The van der Waals surface area contributed by atoms with Gasteiger partial charge >= 0.3 is 0 Å². The standard InChI is InChI=1S/C30H26O8/c1-29(37)9-14-8-13-6-7-16(26(34)22(13)27(35)21(14)19(32)11-29)23-15-4-3-5-18(31)24(15)28(36)25-17(23)10-30(2,38)12-20(25)33/h3-8,31,34-38H,9-12H2,1-2H3/t29-,30+/m1/s1. The number of phenols is 4. The van der Waals surface area contributed by atoms with Crippen LogP contribution in [0.3, 0.4) is 0 Å². The lowest BCUT2D eigenvalue weighted by Crippen LogP contribution is -2.36. The second kappa shape index (κ2) is 7.69. The minimum Gasteiger partial charge on any atom is -0.507 e. The molecule has 6 rings (SSSR count). The molecule has 8 heteroatoms. The molecule has 0 aromatic heterocycles. The Hall–Kier alpha value is -4.14. The first kappa shape index (κ1) is 24.2. The van der Waals surface area contributed by atoms with Gasteiger partial charge in [0.2, 0.25) is 0 Å². The minimum atomic E-state index is -1.41. The van der Waals surface area contributed by atoms with Crippen LogP contribution in [0.1, 0.15) is 58.5 Å². The minimum absolute atomic E-state index is 0.0101. The molecular weight excluding hydrogens is 488 g/mol. The first-order chi connectivity index (χ1) is 17.8. The van der Waals surface area contributed by atoms with Crippen LogP contribution in [0.4, 0.5) is 0 Å². The number of fused-ring (bicyclic) bond motifs is 4. The van der Waals surface area contributed by atoms with E-state index in [1.54, 1.807) is 37.3 Å². The van der Waals surface area contributed by atoms with Gasteiger partial charge in [-0.1, -0.05) is 18.2 Å². The Bertz CT molecular complexity index is 1750. The summed E-state index contributed by atoms with van der Waals surface area (Å²) in [5.41, 5.74) is -1.35. The zero-order valence-corrected chi connectivity index (χ0v) is 20.8. The average molecular weight is 515 g/mol. The molecule has 2 atom stereocenters. The number of carbonyl (C=O) groups excluding carboxylic acids is 2. The first-order valence-electron chi connectivity index (χ1n) is 12.3. The lowest BCUT2D eigenvalue weighted by molar-refractivity contribution is 0.0396. The normalized spacial score (nSPS) is 23.1. The molecule has 8 nitrogen and oxygen atoms in total. The smallest absolute Gasteiger partial charge is 0.169 e. The van der Waals surface area contributed by atoms with Crippen molar-refractivity contribution in [2.24, 2.45) is 0 Å². The van der Waals surface area contributed by atoms with Crippen LogP contribution in [-0.4, -0.2) is 53.4 Å². The van der Waals surface area contributed by atoms with Gasteiger partial charge < -0.3 is 30.6 Å². The monoisotopic (exact) mass is 514 g/mol.